The van der Waals surface area contributed by atoms with Crippen molar-refractivity contribution in [3.05, 3.63) is 30.9 Å². The summed E-state index contributed by atoms with van der Waals surface area (Å²) in [7, 11) is 0. The molecule has 4 N–H and O–H groups in total. The van der Waals surface area contributed by atoms with Crippen LogP contribution in [0.1, 0.15) is 12.8 Å². The van der Waals surface area contributed by atoms with E-state index in [2.05, 4.69) is 27.8 Å². The zero-order chi connectivity index (χ0) is 20.6. The molecule has 2 heterocycles. The van der Waals surface area contributed by atoms with Crippen LogP contribution in [0.15, 0.2) is 30.9 Å². The number of anilines is 1. The molecule has 0 saturated carbocycles. The third-order valence-electron chi connectivity index (χ3n) is 4.19. The van der Waals surface area contributed by atoms with Gasteiger partial charge in [-0.1, -0.05) is 6.08 Å². The molecule has 1 aromatic rings. The minimum absolute atomic E-state index is 0.127. The van der Waals surface area contributed by atoms with E-state index in [-0.39, 0.29) is 42.4 Å². The average molecular weight is 420 g/mol. The lowest BCUT2D eigenvalue weighted by atomic mass is 10.1. The highest BCUT2D eigenvalue weighted by atomic mass is 32.2. The van der Waals surface area contributed by atoms with Gasteiger partial charge >= 0.3 is 0 Å². The number of benzene rings is 1. The summed E-state index contributed by atoms with van der Waals surface area (Å²) in [6.07, 6.45) is 1.99. The number of carbonyl (C=O) groups excluding carboxylic acids is 3. The highest BCUT2D eigenvalue weighted by molar-refractivity contribution is 8.00. The summed E-state index contributed by atoms with van der Waals surface area (Å²) in [6.45, 7) is 4.91. The van der Waals surface area contributed by atoms with Crippen LogP contribution < -0.4 is 30.7 Å². The molecular weight excluding hydrogens is 396 g/mol. The Kier molecular flexibility index (Phi) is 7.36. The lowest BCUT2D eigenvalue weighted by Gasteiger charge is -2.30. The first-order valence-electron chi connectivity index (χ1n) is 9.27. The van der Waals surface area contributed by atoms with Crippen LogP contribution in [-0.2, 0) is 14.4 Å². The fourth-order valence-corrected chi connectivity index (χ4v) is 3.82. The van der Waals surface area contributed by atoms with Crippen LogP contribution in [0.4, 0.5) is 5.69 Å². The molecule has 2 unspecified atom stereocenters. The molecule has 2 aliphatic heterocycles. The van der Waals surface area contributed by atoms with E-state index in [1.54, 1.807) is 24.3 Å². The number of hydrogen-bond donors (Lipinski definition) is 4. The minimum atomic E-state index is -0.445. The maximum Gasteiger partial charge on any atom is 0.234 e. The Hall–Kier alpha value is -2.72. The van der Waals surface area contributed by atoms with Gasteiger partial charge in [0.2, 0.25) is 17.7 Å². The lowest BCUT2D eigenvalue weighted by molar-refractivity contribution is -0.125. The molecule has 10 heteroatoms. The van der Waals surface area contributed by atoms with Gasteiger partial charge in [-0.15, -0.1) is 18.3 Å². The van der Waals surface area contributed by atoms with Gasteiger partial charge in [0, 0.05) is 37.2 Å². The van der Waals surface area contributed by atoms with E-state index in [0.717, 1.165) is 0 Å². The fraction of sp³-hybridized carbons (Fsp3) is 0.421. The monoisotopic (exact) mass is 420 g/mol. The largest absolute Gasteiger partial charge is 0.486 e. The van der Waals surface area contributed by atoms with Gasteiger partial charge < -0.3 is 25.4 Å². The molecule has 1 fully saturated rings. The molecule has 0 spiro atoms. The Morgan fingerprint density at radius 1 is 1.24 bits per heavy atom. The van der Waals surface area contributed by atoms with Gasteiger partial charge in [0.1, 0.15) is 18.7 Å². The summed E-state index contributed by atoms with van der Waals surface area (Å²) in [4.78, 5) is 36.0. The first-order valence-corrected chi connectivity index (χ1v) is 10.3. The summed E-state index contributed by atoms with van der Waals surface area (Å²) in [5.74, 6) is 0.851. The van der Waals surface area contributed by atoms with E-state index in [4.69, 9.17) is 9.47 Å². The Labute approximate surface area is 173 Å². The quantitative estimate of drug-likeness (QED) is 0.455. The van der Waals surface area contributed by atoms with Crippen molar-refractivity contribution in [3.8, 4) is 11.5 Å². The molecule has 0 aliphatic carbocycles. The molecule has 0 aromatic heterocycles. The van der Waals surface area contributed by atoms with Gasteiger partial charge in [-0.05, 0) is 12.1 Å². The first kappa shape index (κ1) is 21.0. The van der Waals surface area contributed by atoms with Crippen molar-refractivity contribution in [1.29, 1.82) is 0 Å². The maximum atomic E-state index is 12.3. The molecule has 2 aliphatic rings. The molecule has 3 amide bonds. The van der Waals surface area contributed by atoms with Crippen molar-refractivity contribution in [2.75, 3.05) is 30.8 Å². The number of rotatable bonds is 8. The van der Waals surface area contributed by atoms with E-state index >= 15 is 0 Å². The van der Waals surface area contributed by atoms with Crippen LogP contribution in [0, 0.1) is 0 Å². The third kappa shape index (κ3) is 6.40. The number of hydrogen-bond acceptors (Lipinski definition) is 7. The summed E-state index contributed by atoms with van der Waals surface area (Å²) in [5.41, 5.74) is 0.164. The summed E-state index contributed by atoms with van der Waals surface area (Å²) in [6, 6.07) is 4.93. The Bertz CT molecular complexity index is 788. The fourth-order valence-electron chi connectivity index (χ4n) is 2.92. The molecule has 0 radical (unpaired) electrons. The number of ether oxygens (including phenoxy) is 2. The van der Waals surface area contributed by atoms with Crippen molar-refractivity contribution in [3.63, 3.8) is 0 Å². The second kappa shape index (κ2) is 10.2. The van der Waals surface area contributed by atoms with Gasteiger partial charge in [0.05, 0.1) is 5.75 Å². The summed E-state index contributed by atoms with van der Waals surface area (Å²) >= 11 is 1.25. The second-order valence-electron chi connectivity index (χ2n) is 6.53. The number of nitrogens with one attached hydrogen (secondary N) is 4. The van der Waals surface area contributed by atoms with E-state index in [1.807, 2.05) is 0 Å². The van der Waals surface area contributed by atoms with Crippen LogP contribution in [0.5, 0.6) is 11.5 Å². The molecule has 1 saturated heterocycles. The SMILES string of the molecule is C=CCNC(=O)CC1CC(=O)NC(SCC(=O)Nc2ccc3c(c2)OCCO3)N1. The van der Waals surface area contributed by atoms with E-state index in [0.29, 0.717) is 36.9 Å². The zero-order valence-corrected chi connectivity index (χ0v) is 16.7. The minimum Gasteiger partial charge on any atom is -0.486 e. The number of thioether (sulfide) groups is 1. The number of carbonyl (C=O) groups is 3. The van der Waals surface area contributed by atoms with Crippen molar-refractivity contribution in [2.24, 2.45) is 0 Å². The predicted molar refractivity (Wildman–Crippen MR) is 110 cm³/mol. The standard InChI is InChI=1S/C19H24N4O5S/c1-2-5-20-16(24)9-13-10-17(25)23-19(22-13)29-11-18(26)21-12-3-4-14-15(8-12)28-7-6-27-14/h2-4,8,13,19,22H,1,5-7,9-11H2,(H,20,24)(H,21,26)(H,23,25). The Morgan fingerprint density at radius 2 is 2.03 bits per heavy atom. The average Bonchev–Trinajstić information content (AvgIpc) is 2.70. The molecule has 9 nitrogen and oxygen atoms in total. The van der Waals surface area contributed by atoms with Crippen LogP contribution >= 0.6 is 11.8 Å². The molecular formula is C19H24N4O5S. The molecule has 2 atom stereocenters. The van der Waals surface area contributed by atoms with Crippen LogP contribution in [0.3, 0.4) is 0 Å². The van der Waals surface area contributed by atoms with E-state index in [1.165, 1.54) is 11.8 Å². The smallest absolute Gasteiger partial charge is 0.234 e. The van der Waals surface area contributed by atoms with E-state index in [9.17, 15) is 14.4 Å². The zero-order valence-electron chi connectivity index (χ0n) is 15.9. The molecule has 0 bridgehead atoms. The van der Waals surface area contributed by atoms with Gasteiger partial charge in [-0.3, -0.25) is 19.7 Å². The lowest BCUT2D eigenvalue weighted by Crippen LogP contribution is -2.56. The molecule has 29 heavy (non-hydrogen) atoms. The summed E-state index contributed by atoms with van der Waals surface area (Å²) in [5, 5.41) is 11.4. The molecule has 3 rings (SSSR count). The summed E-state index contributed by atoms with van der Waals surface area (Å²) < 4.78 is 11.0. The maximum absolute atomic E-state index is 12.3. The van der Waals surface area contributed by atoms with E-state index < -0.39 is 5.50 Å². The molecule has 1 aromatic carbocycles. The highest BCUT2D eigenvalue weighted by Gasteiger charge is 2.28. The van der Waals surface area contributed by atoms with Crippen molar-refractivity contribution < 1.29 is 23.9 Å². The van der Waals surface area contributed by atoms with Gasteiger partial charge in [0.15, 0.2) is 11.5 Å². The first-order chi connectivity index (χ1) is 14.0. The van der Waals surface area contributed by atoms with Crippen LogP contribution in [0.2, 0.25) is 0 Å². The molecule has 156 valence electrons. The predicted octanol–water partition coefficient (Wildman–Crippen LogP) is 0.584. The Morgan fingerprint density at radius 3 is 2.83 bits per heavy atom. The van der Waals surface area contributed by atoms with Crippen LogP contribution in [0.25, 0.3) is 0 Å². The van der Waals surface area contributed by atoms with Gasteiger partial charge in [0.25, 0.3) is 0 Å². The van der Waals surface area contributed by atoms with Crippen molar-refractivity contribution in [2.45, 2.75) is 24.4 Å². The Balaban J connectivity index is 1.45. The van der Waals surface area contributed by atoms with Crippen molar-refractivity contribution >= 4 is 35.2 Å². The third-order valence-corrected chi connectivity index (χ3v) is 5.21. The normalized spacial score (nSPS) is 20.3. The number of fused-ring (bicyclic) bond motifs is 1. The topological polar surface area (TPSA) is 118 Å². The second-order valence-corrected chi connectivity index (χ2v) is 7.62. The van der Waals surface area contributed by atoms with Gasteiger partial charge in [-0.2, -0.15) is 0 Å². The number of amides is 3. The van der Waals surface area contributed by atoms with Crippen molar-refractivity contribution in [1.82, 2.24) is 16.0 Å². The van der Waals surface area contributed by atoms with Gasteiger partial charge in [-0.25, -0.2) is 0 Å². The highest BCUT2D eigenvalue weighted by Crippen LogP contribution is 2.32. The van der Waals surface area contributed by atoms with Crippen LogP contribution in [-0.4, -0.2) is 54.8 Å².